The van der Waals surface area contributed by atoms with Gasteiger partial charge in [0.05, 0.1) is 12.0 Å². The van der Waals surface area contributed by atoms with Crippen molar-refractivity contribution >= 4 is 23.2 Å². The van der Waals surface area contributed by atoms with Gasteiger partial charge >= 0.3 is 5.97 Å². The van der Waals surface area contributed by atoms with Crippen LogP contribution in [0.1, 0.15) is 39.9 Å². The molecule has 1 aliphatic heterocycles. The topological polar surface area (TPSA) is 46.6 Å². The van der Waals surface area contributed by atoms with Crippen LogP contribution in [0, 0.1) is 6.92 Å². The third kappa shape index (κ3) is 2.66. The van der Waals surface area contributed by atoms with Crippen LogP contribution in [-0.4, -0.2) is 36.5 Å². The molecule has 5 heteroatoms. The van der Waals surface area contributed by atoms with Crippen LogP contribution in [0.25, 0.3) is 0 Å². The van der Waals surface area contributed by atoms with Gasteiger partial charge in [0, 0.05) is 11.4 Å². The van der Waals surface area contributed by atoms with Crippen molar-refractivity contribution in [1.82, 2.24) is 4.90 Å². The quantitative estimate of drug-likeness (QED) is 0.799. The van der Waals surface area contributed by atoms with Gasteiger partial charge in [0.2, 0.25) is 0 Å². The SMILES string of the molecule is CCc1sc(C(=O)N2CCCC2C(=O)OC)cc1C. The first-order chi connectivity index (χ1) is 9.08. The predicted molar refractivity (Wildman–Crippen MR) is 74.5 cm³/mol. The second kappa shape index (κ2) is 5.74. The largest absolute Gasteiger partial charge is 0.467 e. The molecule has 1 unspecified atom stereocenters. The fraction of sp³-hybridized carbons (Fsp3) is 0.571. The molecule has 0 radical (unpaired) electrons. The van der Waals surface area contributed by atoms with E-state index in [0.29, 0.717) is 13.0 Å². The Kier molecular flexibility index (Phi) is 4.24. The van der Waals surface area contributed by atoms with Gasteiger partial charge in [-0.1, -0.05) is 6.92 Å². The minimum absolute atomic E-state index is 0.0410. The third-order valence-corrected chi connectivity index (χ3v) is 4.91. The Morgan fingerprint density at radius 1 is 1.53 bits per heavy atom. The van der Waals surface area contributed by atoms with Crippen LogP contribution in [0.4, 0.5) is 0 Å². The lowest BCUT2D eigenvalue weighted by atomic mass is 10.2. The number of nitrogens with zero attached hydrogens (tertiary/aromatic N) is 1. The third-order valence-electron chi connectivity index (χ3n) is 3.54. The van der Waals surface area contributed by atoms with Crippen LogP contribution in [-0.2, 0) is 16.0 Å². The molecule has 0 N–H and O–H groups in total. The van der Waals surface area contributed by atoms with E-state index in [1.807, 2.05) is 13.0 Å². The molecule has 2 rings (SSSR count). The summed E-state index contributed by atoms with van der Waals surface area (Å²) in [7, 11) is 1.37. The van der Waals surface area contributed by atoms with Gasteiger partial charge in [0.25, 0.3) is 5.91 Å². The van der Waals surface area contributed by atoms with Crippen molar-refractivity contribution in [3.05, 3.63) is 21.4 Å². The van der Waals surface area contributed by atoms with Gasteiger partial charge in [-0.15, -0.1) is 11.3 Å². The molecule has 1 saturated heterocycles. The average Bonchev–Trinajstić information content (AvgIpc) is 3.03. The smallest absolute Gasteiger partial charge is 0.328 e. The van der Waals surface area contributed by atoms with Crippen LogP contribution in [0.2, 0.25) is 0 Å². The number of amides is 1. The Bertz CT molecular complexity index is 495. The standard InChI is InChI=1S/C14H19NO3S/c1-4-11-9(2)8-12(19-11)13(16)15-7-5-6-10(15)14(17)18-3/h8,10H,4-7H2,1-3H3. The average molecular weight is 281 g/mol. The second-order valence-corrected chi connectivity index (χ2v) is 5.89. The van der Waals surface area contributed by atoms with Crippen molar-refractivity contribution in [2.45, 2.75) is 39.2 Å². The lowest BCUT2D eigenvalue weighted by Crippen LogP contribution is -2.40. The first-order valence-electron chi connectivity index (χ1n) is 6.56. The van der Waals surface area contributed by atoms with Gasteiger partial charge in [-0.05, 0) is 37.8 Å². The molecule has 104 valence electrons. The van der Waals surface area contributed by atoms with Crippen LogP contribution < -0.4 is 0 Å². The maximum absolute atomic E-state index is 12.5. The number of rotatable bonds is 3. The summed E-state index contributed by atoms with van der Waals surface area (Å²) in [5, 5.41) is 0. The molecule has 0 aliphatic carbocycles. The highest BCUT2D eigenvalue weighted by atomic mass is 32.1. The molecule has 1 aromatic rings. The minimum Gasteiger partial charge on any atom is -0.467 e. The van der Waals surface area contributed by atoms with E-state index in [9.17, 15) is 9.59 Å². The maximum atomic E-state index is 12.5. The first kappa shape index (κ1) is 14.1. The van der Waals surface area contributed by atoms with Gasteiger partial charge in [0.1, 0.15) is 6.04 Å². The minimum atomic E-state index is -0.412. The monoisotopic (exact) mass is 281 g/mol. The summed E-state index contributed by atoms with van der Waals surface area (Å²) in [6.45, 7) is 4.74. The zero-order valence-electron chi connectivity index (χ0n) is 11.6. The molecular weight excluding hydrogens is 262 g/mol. The Hall–Kier alpha value is -1.36. The van der Waals surface area contributed by atoms with E-state index in [2.05, 4.69) is 6.92 Å². The lowest BCUT2D eigenvalue weighted by molar-refractivity contribution is -0.145. The van der Waals surface area contributed by atoms with Crippen LogP contribution >= 0.6 is 11.3 Å². The Labute approximate surface area is 117 Å². The molecule has 1 fully saturated rings. The molecule has 19 heavy (non-hydrogen) atoms. The lowest BCUT2D eigenvalue weighted by Gasteiger charge is -2.21. The van der Waals surface area contributed by atoms with Crippen molar-refractivity contribution in [1.29, 1.82) is 0 Å². The van der Waals surface area contributed by atoms with Gasteiger partial charge in [0.15, 0.2) is 0 Å². The molecule has 0 saturated carbocycles. The highest BCUT2D eigenvalue weighted by Gasteiger charge is 2.35. The number of hydrogen-bond donors (Lipinski definition) is 0. The molecule has 0 bridgehead atoms. The molecular formula is C14H19NO3S. The second-order valence-electron chi connectivity index (χ2n) is 4.75. The molecule has 2 heterocycles. The molecule has 1 aliphatic rings. The summed E-state index contributed by atoms with van der Waals surface area (Å²) >= 11 is 1.53. The van der Waals surface area contributed by atoms with E-state index in [-0.39, 0.29) is 11.9 Å². The number of hydrogen-bond acceptors (Lipinski definition) is 4. The van der Waals surface area contributed by atoms with Crippen molar-refractivity contribution in [2.24, 2.45) is 0 Å². The highest BCUT2D eigenvalue weighted by Crippen LogP contribution is 2.27. The Morgan fingerprint density at radius 3 is 2.84 bits per heavy atom. The summed E-state index contributed by atoms with van der Waals surface area (Å²) < 4.78 is 4.77. The van der Waals surface area contributed by atoms with Crippen molar-refractivity contribution in [3.63, 3.8) is 0 Å². The first-order valence-corrected chi connectivity index (χ1v) is 7.38. The molecule has 0 aromatic carbocycles. The van der Waals surface area contributed by atoms with E-state index >= 15 is 0 Å². The summed E-state index contributed by atoms with van der Waals surface area (Å²) in [5.41, 5.74) is 1.16. The summed E-state index contributed by atoms with van der Waals surface area (Å²) in [6, 6.07) is 1.52. The molecule has 1 atom stereocenters. The number of thiophene rings is 1. The molecule has 4 nitrogen and oxygen atoms in total. The zero-order valence-corrected chi connectivity index (χ0v) is 12.4. The van der Waals surface area contributed by atoms with E-state index in [0.717, 1.165) is 23.3 Å². The highest BCUT2D eigenvalue weighted by molar-refractivity contribution is 7.14. The normalized spacial score (nSPS) is 18.7. The van der Waals surface area contributed by atoms with Crippen LogP contribution in [0.15, 0.2) is 6.07 Å². The van der Waals surface area contributed by atoms with Crippen LogP contribution in [0.5, 0.6) is 0 Å². The number of likely N-dealkylation sites (tertiary alicyclic amines) is 1. The summed E-state index contributed by atoms with van der Waals surface area (Å²) in [6.07, 6.45) is 2.49. The summed E-state index contributed by atoms with van der Waals surface area (Å²) in [4.78, 5) is 27.8. The summed E-state index contributed by atoms with van der Waals surface area (Å²) in [5.74, 6) is -0.351. The molecule has 1 aromatic heterocycles. The number of methoxy groups -OCH3 is 1. The Balaban J connectivity index is 2.20. The van der Waals surface area contributed by atoms with Gasteiger partial charge < -0.3 is 9.64 Å². The Morgan fingerprint density at radius 2 is 2.26 bits per heavy atom. The number of carbonyl (C=O) groups is 2. The van der Waals surface area contributed by atoms with Gasteiger partial charge in [-0.2, -0.15) is 0 Å². The predicted octanol–water partition coefficient (Wildman–Crippen LogP) is 2.40. The number of esters is 1. The molecule has 1 amide bonds. The van der Waals surface area contributed by atoms with E-state index in [4.69, 9.17) is 4.74 Å². The van der Waals surface area contributed by atoms with E-state index in [1.165, 1.54) is 23.3 Å². The number of aryl methyl sites for hydroxylation is 2. The maximum Gasteiger partial charge on any atom is 0.328 e. The van der Waals surface area contributed by atoms with Crippen LogP contribution in [0.3, 0.4) is 0 Å². The fourth-order valence-corrected chi connectivity index (χ4v) is 3.58. The number of carbonyl (C=O) groups excluding carboxylic acids is 2. The zero-order chi connectivity index (χ0) is 14.0. The van der Waals surface area contributed by atoms with Gasteiger partial charge in [-0.25, -0.2) is 4.79 Å². The van der Waals surface area contributed by atoms with Gasteiger partial charge in [-0.3, -0.25) is 4.79 Å². The molecule has 0 spiro atoms. The fourth-order valence-electron chi connectivity index (χ4n) is 2.51. The van der Waals surface area contributed by atoms with Crippen molar-refractivity contribution in [3.8, 4) is 0 Å². The van der Waals surface area contributed by atoms with E-state index < -0.39 is 6.04 Å². The van der Waals surface area contributed by atoms with Crippen molar-refractivity contribution in [2.75, 3.05) is 13.7 Å². The number of ether oxygens (including phenoxy) is 1. The van der Waals surface area contributed by atoms with Crippen molar-refractivity contribution < 1.29 is 14.3 Å². The van der Waals surface area contributed by atoms with E-state index in [1.54, 1.807) is 4.90 Å².